The average Bonchev–Trinajstić information content (AvgIpc) is 2.80. The van der Waals surface area contributed by atoms with Crippen LogP contribution in [0.1, 0.15) is 156 Å². The molecule has 1 N–H and O–H groups in total. The molecule has 0 spiro atoms. The summed E-state index contributed by atoms with van der Waals surface area (Å²) in [7, 11) is -5.23. The number of hydrogen-bond acceptors (Lipinski definition) is 6. The fourth-order valence-electron chi connectivity index (χ4n) is 5.34. The summed E-state index contributed by atoms with van der Waals surface area (Å²) < 4.78 is 31.6. The summed E-state index contributed by atoms with van der Waals surface area (Å²) in [5.41, 5.74) is 0. The van der Waals surface area contributed by atoms with Crippen molar-refractivity contribution in [3.63, 3.8) is 0 Å². The molecule has 0 aliphatic heterocycles. The second-order valence-electron chi connectivity index (χ2n) is 12.1. The Labute approximate surface area is 290 Å². The fraction of sp³-hybridized carbons (Fsp3) is 0.933. The Kier molecular flexibility index (Phi) is 29.7. The zero-order valence-electron chi connectivity index (χ0n) is 26.7. The third-order valence-corrected chi connectivity index (χ3v) is 9.33. The van der Waals surface area contributed by atoms with Crippen LogP contribution in [0, 0.1) is 17.8 Å². The zero-order valence-corrected chi connectivity index (χ0v) is 31.5. The van der Waals surface area contributed by atoms with Gasteiger partial charge in [0.1, 0.15) is 4.75 Å². The molecule has 0 aromatic rings. The van der Waals surface area contributed by atoms with Crippen molar-refractivity contribution in [1.82, 2.24) is 0 Å². The molecule has 0 saturated carbocycles. The van der Waals surface area contributed by atoms with E-state index in [1.165, 1.54) is 38.5 Å². The number of unbranched alkanes of at least 4 members (excludes halogenated alkanes) is 14. The van der Waals surface area contributed by atoms with Crippen molar-refractivity contribution >= 4 is 22.1 Å². The summed E-state index contributed by atoms with van der Waals surface area (Å²) >= 11 is 0. The maximum absolute atomic E-state index is 12.3. The Morgan fingerprint density at radius 1 is 0.600 bits per heavy atom. The van der Waals surface area contributed by atoms with E-state index in [2.05, 4.69) is 27.7 Å². The molecule has 0 aliphatic carbocycles. The van der Waals surface area contributed by atoms with Gasteiger partial charge in [-0.2, -0.15) is 8.42 Å². The molecule has 7 nitrogen and oxygen atoms in total. The minimum atomic E-state index is -5.23. The third-order valence-electron chi connectivity index (χ3n) is 7.76. The maximum Gasteiger partial charge on any atom is 1.00 e. The van der Waals surface area contributed by atoms with Crippen molar-refractivity contribution < 1.29 is 91.9 Å². The quantitative estimate of drug-likeness (QED) is 0.0822. The molecule has 0 aliphatic rings. The van der Waals surface area contributed by atoms with Crippen LogP contribution in [0.25, 0.3) is 0 Å². The van der Waals surface area contributed by atoms with E-state index in [-0.39, 0.29) is 72.0 Å². The van der Waals surface area contributed by atoms with Crippen molar-refractivity contribution in [3.8, 4) is 0 Å². The first-order chi connectivity index (χ1) is 17.9. The van der Waals surface area contributed by atoms with Gasteiger partial charge in [0.05, 0.1) is 5.97 Å². The van der Waals surface area contributed by atoms with Crippen LogP contribution in [0.5, 0.6) is 0 Å². The molecule has 0 aromatic heterocycles. The molecule has 0 bridgehead atoms. The summed E-state index contributed by atoms with van der Waals surface area (Å²) in [6.45, 7) is 8.85. The van der Waals surface area contributed by atoms with Crippen molar-refractivity contribution in [3.05, 3.63) is 0 Å². The fourth-order valence-corrected chi connectivity index (χ4v) is 6.52. The predicted octanol–water partition coefficient (Wildman–Crippen LogP) is -0.149. The SMILES string of the molecule is CC(C)CCCCCCCCCCC(C(=O)[O-])C(CCCCCCCCCCC(C)C)(C(=O)[O-])S(=O)(=O)O.[Na+].[Na+]. The van der Waals surface area contributed by atoms with E-state index in [0.29, 0.717) is 25.2 Å². The molecule has 0 heterocycles. The van der Waals surface area contributed by atoms with Crippen molar-refractivity contribution in [2.24, 2.45) is 17.8 Å². The first kappa shape index (κ1) is 45.3. The van der Waals surface area contributed by atoms with Gasteiger partial charge in [0, 0.05) is 11.9 Å². The normalized spacial score (nSPS) is 13.9. The topological polar surface area (TPSA) is 135 Å². The van der Waals surface area contributed by atoms with Gasteiger partial charge in [-0.05, 0) is 24.7 Å². The van der Waals surface area contributed by atoms with Gasteiger partial charge in [-0.25, -0.2) is 0 Å². The predicted molar refractivity (Wildman–Crippen MR) is 150 cm³/mol. The van der Waals surface area contributed by atoms with Gasteiger partial charge in [-0.1, -0.05) is 143 Å². The molecule has 0 saturated heterocycles. The molecule has 0 fully saturated rings. The molecule has 0 radical (unpaired) electrons. The molecule has 40 heavy (non-hydrogen) atoms. The second kappa shape index (κ2) is 26.3. The van der Waals surface area contributed by atoms with Gasteiger partial charge in [0.15, 0.2) is 0 Å². The Hall–Kier alpha value is 0.850. The van der Waals surface area contributed by atoms with Crippen LogP contribution < -0.4 is 69.3 Å². The van der Waals surface area contributed by atoms with Gasteiger partial charge in [-0.3, -0.25) is 4.55 Å². The number of hydrogen-bond donors (Lipinski definition) is 1. The monoisotopic (exact) mass is 606 g/mol. The van der Waals surface area contributed by atoms with E-state index < -0.39 is 39.1 Å². The summed E-state index contributed by atoms with van der Waals surface area (Å²) in [6.07, 6.45) is 16.4. The third kappa shape index (κ3) is 19.9. The molecular formula is C30H56Na2O7S. The van der Waals surface area contributed by atoms with E-state index in [0.717, 1.165) is 57.3 Å². The van der Waals surface area contributed by atoms with Gasteiger partial charge in [-0.15, -0.1) is 0 Å². The van der Waals surface area contributed by atoms with Crippen LogP contribution in [-0.4, -0.2) is 29.7 Å². The zero-order chi connectivity index (χ0) is 29.0. The van der Waals surface area contributed by atoms with Crippen molar-refractivity contribution in [2.45, 2.75) is 161 Å². The van der Waals surface area contributed by atoms with Gasteiger partial charge in [0.2, 0.25) is 0 Å². The van der Waals surface area contributed by atoms with Crippen molar-refractivity contribution in [2.75, 3.05) is 0 Å². The van der Waals surface area contributed by atoms with Gasteiger partial charge < -0.3 is 19.8 Å². The summed E-state index contributed by atoms with van der Waals surface area (Å²) in [6, 6.07) is 0. The van der Waals surface area contributed by atoms with E-state index in [1.807, 2.05) is 0 Å². The molecule has 2 unspecified atom stereocenters. The molecular weight excluding hydrogens is 550 g/mol. The Morgan fingerprint density at radius 3 is 1.18 bits per heavy atom. The Morgan fingerprint density at radius 2 is 0.900 bits per heavy atom. The molecule has 10 heteroatoms. The van der Waals surface area contributed by atoms with Crippen LogP contribution in [0.2, 0.25) is 0 Å². The number of carbonyl (C=O) groups excluding carboxylic acids is 2. The van der Waals surface area contributed by atoms with E-state index in [4.69, 9.17) is 0 Å². The maximum atomic E-state index is 12.3. The van der Waals surface area contributed by atoms with Crippen LogP contribution in [0.4, 0.5) is 0 Å². The van der Waals surface area contributed by atoms with Crippen LogP contribution in [0.15, 0.2) is 0 Å². The Bertz CT molecular complexity index is 744. The minimum Gasteiger partial charge on any atom is -0.550 e. The van der Waals surface area contributed by atoms with Crippen molar-refractivity contribution in [1.29, 1.82) is 0 Å². The molecule has 0 amide bonds. The smallest absolute Gasteiger partial charge is 0.550 e. The van der Waals surface area contributed by atoms with Crippen LogP contribution >= 0.6 is 0 Å². The molecule has 0 aromatic carbocycles. The van der Waals surface area contributed by atoms with E-state index >= 15 is 0 Å². The first-order valence-corrected chi connectivity index (χ1v) is 16.7. The van der Waals surface area contributed by atoms with Crippen LogP contribution in [0.3, 0.4) is 0 Å². The average molecular weight is 607 g/mol. The largest absolute Gasteiger partial charge is 1.00 e. The van der Waals surface area contributed by atoms with E-state index in [1.54, 1.807) is 0 Å². The Balaban J connectivity index is -0.00000684. The standard InChI is InChI=1S/C30H58O7S.2Na/c1-25(2)21-17-13-9-5-6-11-15-19-23-27(28(31)32)30(29(33)34,38(35,36)37)24-20-16-12-8-7-10-14-18-22-26(3)4;;/h25-27H,5-24H2,1-4H3,(H,31,32)(H,33,34)(H,35,36,37);;/q;2*+1/p-2. The molecule has 2 atom stereocenters. The number of rotatable bonds is 26. The number of carboxylic acid groups (broad SMARTS) is 2. The summed E-state index contributed by atoms with van der Waals surface area (Å²) in [5.74, 6) is -4.24. The minimum absolute atomic E-state index is 0. The summed E-state index contributed by atoms with van der Waals surface area (Å²) in [4.78, 5) is 24.0. The number of aliphatic carboxylic acids is 2. The second-order valence-corrected chi connectivity index (χ2v) is 13.8. The first-order valence-electron chi connectivity index (χ1n) is 15.3. The van der Waals surface area contributed by atoms with Crippen LogP contribution in [-0.2, 0) is 19.7 Å². The number of carbonyl (C=O) groups is 2. The molecule has 0 rings (SSSR count). The van der Waals surface area contributed by atoms with Gasteiger partial charge >= 0.3 is 59.1 Å². The van der Waals surface area contributed by atoms with E-state index in [9.17, 15) is 32.8 Å². The summed E-state index contributed by atoms with van der Waals surface area (Å²) in [5, 5.41) is 24.0. The van der Waals surface area contributed by atoms with Gasteiger partial charge in [0.25, 0.3) is 10.1 Å². The number of carboxylic acids is 2. The molecule has 226 valence electrons.